The summed E-state index contributed by atoms with van der Waals surface area (Å²) in [6, 6.07) is 4.69. The molecule has 1 N–H and O–H groups in total. The van der Waals surface area contributed by atoms with Crippen molar-refractivity contribution in [3.63, 3.8) is 0 Å². The minimum absolute atomic E-state index is 0.0395. The molecule has 0 aliphatic carbocycles. The van der Waals surface area contributed by atoms with Gasteiger partial charge in [0.05, 0.1) is 17.8 Å². The number of hydrogen-bond acceptors (Lipinski definition) is 6. The van der Waals surface area contributed by atoms with Crippen molar-refractivity contribution in [2.45, 2.75) is 6.42 Å². The zero-order valence-electron chi connectivity index (χ0n) is 10.8. The first-order chi connectivity index (χ1) is 8.85. The second-order valence-corrected chi connectivity index (χ2v) is 6.28. The van der Waals surface area contributed by atoms with Crippen LogP contribution in [-0.2, 0) is 9.84 Å². The molecule has 0 aromatic heterocycles. The number of nitrogens with zero attached hydrogens (tertiary/aromatic N) is 1. The highest BCUT2D eigenvalue weighted by molar-refractivity contribution is 7.90. The third kappa shape index (κ3) is 4.74. The summed E-state index contributed by atoms with van der Waals surface area (Å²) in [4.78, 5) is 10.5. The highest BCUT2D eigenvalue weighted by Crippen LogP contribution is 2.34. The normalized spacial score (nSPS) is 11.1. The fourth-order valence-corrected chi connectivity index (χ4v) is 2.24. The number of hydrogen-bond donors (Lipinski definition) is 1. The Morgan fingerprint density at radius 3 is 2.63 bits per heavy atom. The molecule has 0 unspecified atom stereocenters. The average Bonchev–Trinajstić information content (AvgIpc) is 2.32. The van der Waals surface area contributed by atoms with E-state index in [0.29, 0.717) is 18.7 Å². The van der Waals surface area contributed by atoms with E-state index in [4.69, 9.17) is 4.74 Å². The fourth-order valence-electron chi connectivity index (χ4n) is 1.58. The van der Waals surface area contributed by atoms with E-state index in [1.807, 2.05) is 0 Å². The Labute approximate surface area is 111 Å². The van der Waals surface area contributed by atoms with Gasteiger partial charge >= 0.3 is 5.69 Å². The molecule has 0 saturated heterocycles. The smallest absolute Gasteiger partial charge is 0.333 e. The van der Waals surface area contributed by atoms with Gasteiger partial charge in [0, 0.05) is 12.8 Å². The Morgan fingerprint density at radius 1 is 1.42 bits per heavy atom. The number of nitro benzene ring substituents is 1. The van der Waals surface area contributed by atoms with Gasteiger partial charge in [0.25, 0.3) is 0 Å². The molecule has 106 valence electrons. The number of nitro groups is 1. The minimum Gasteiger partial charge on any atom is -0.490 e. The molecule has 0 radical (unpaired) electrons. The van der Waals surface area contributed by atoms with E-state index in [2.05, 4.69) is 5.32 Å². The first-order valence-corrected chi connectivity index (χ1v) is 7.64. The molecule has 0 heterocycles. The number of methoxy groups -OCH3 is 1. The van der Waals surface area contributed by atoms with Crippen LogP contribution in [0.5, 0.6) is 5.75 Å². The summed E-state index contributed by atoms with van der Waals surface area (Å²) < 4.78 is 26.9. The van der Waals surface area contributed by atoms with Crippen LogP contribution < -0.4 is 10.1 Å². The van der Waals surface area contributed by atoms with Crippen LogP contribution in [0, 0.1) is 10.1 Å². The second kappa shape index (κ2) is 6.37. The number of ether oxygens (including phenoxy) is 1. The minimum atomic E-state index is -3.02. The Kier molecular flexibility index (Phi) is 5.11. The number of para-hydroxylation sites is 1. The number of rotatable bonds is 7. The van der Waals surface area contributed by atoms with Crippen molar-refractivity contribution in [1.82, 2.24) is 0 Å². The zero-order chi connectivity index (χ0) is 14.5. The molecular formula is C11H16N2O5S. The molecule has 0 atom stereocenters. The summed E-state index contributed by atoms with van der Waals surface area (Å²) in [6.07, 6.45) is 1.54. The highest BCUT2D eigenvalue weighted by Gasteiger charge is 2.19. The van der Waals surface area contributed by atoms with Crippen LogP contribution in [0.2, 0.25) is 0 Å². The Morgan fingerprint density at radius 2 is 2.11 bits per heavy atom. The maximum atomic E-state index is 11.0. The lowest BCUT2D eigenvalue weighted by molar-refractivity contribution is -0.384. The van der Waals surface area contributed by atoms with Crippen molar-refractivity contribution >= 4 is 21.2 Å². The van der Waals surface area contributed by atoms with Crippen molar-refractivity contribution in [3.8, 4) is 5.75 Å². The van der Waals surface area contributed by atoms with Crippen LogP contribution in [0.1, 0.15) is 6.42 Å². The van der Waals surface area contributed by atoms with Gasteiger partial charge < -0.3 is 10.1 Å². The predicted octanol–water partition coefficient (Wildman–Crippen LogP) is 1.45. The van der Waals surface area contributed by atoms with Gasteiger partial charge in [-0.25, -0.2) is 8.42 Å². The van der Waals surface area contributed by atoms with Crippen molar-refractivity contribution < 1.29 is 18.1 Å². The monoisotopic (exact) mass is 288 g/mol. The van der Waals surface area contributed by atoms with E-state index in [1.165, 1.54) is 13.2 Å². The predicted molar refractivity (Wildman–Crippen MR) is 72.5 cm³/mol. The van der Waals surface area contributed by atoms with Crippen molar-refractivity contribution in [2.75, 3.05) is 31.0 Å². The Hall–Kier alpha value is -1.83. The van der Waals surface area contributed by atoms with E-state index < -0.39 is 14.8 Å². The van der Waals surface area contributed by atoms with Crippen LogP contribution in [-0.4, -0.2) is 39.0 Å². The van der Waals surface area contributed by atoms with Gasteiger partial charge in [0.1, 0.15) is 15.5 Å². The fraction of sp³-hybridized carbons (Fsp3) is 0.455. The van der Waals surface area contributed by atoms with E-state index in [-0.39, 0.29) is 17.2 Å². The molecule has 8 heteroatoms. The lowest BCUT2D eigenvalue weighted by atomic mass is 10.2. The van der Waals surface area contributed by atoms with Gasteiger partial charge in [-0.2, -0.15) is 0 Å². The molecular weight excluding hydrogens is 272 g/mol. The molecule has 1 aromatic rings. The molecule has 0 fully saturated rings. The summed E-state index contributed by atoms with van der Waals surface area (Å²) in [7, 11) is -1.66. The maximum Gasteiger partial charge on any atom is 0.333 e. The summed E-state index contributed by atoms with van der Waals surface area (Å²) in [6.45, 7) is 0.334. The van der Waals surface area contributed by atoms with Crippen LogP contribution in [0.25, 0.3) is 0 Å². The van der Waals surface area contributed by atoms with Crippen molar-refractivity contribution in [1.29, 1.82) is 0 Å². The number of nitrogens with one attached hydrogen (secondary N) is 1. The molecule has 1 rings (SSSR count). The summed E-state index contributed by atoms with van der Waals surface area (Å²) in [5, 5.41) is 13.8. The Balaban J connectivity index is 2.76. The van der Waals surface area contributed by atoms with E-state index >= 15 is 0 Å². The van der Waals surface area contributed by atoms with Crippen molar-refractivity contribution in [3.05, 3.63) is 28.3 Å². The maximum absolute atomic E-state index is 11.0. The van der Waals surface area contributed by atoms with Crippen molar-refractivity contribution in [2.24, 2.45) is 0 Å². The average molecular weight is 288 g/mol. The lowest BCUT2D eigenvalue weighted by Crippen LogP contribution is -2.10. The van der Waals surface area contributed by atoms with Gasteiger partial charge in [-0.3, -0.25) is 10.1 Å². The summed E-state index contributed by atoms with van der Waals surface area (Å²) in [5.41, 5.74) is 0.169. The Bertz CT molecular complexity index is 556. The third-order valence-corrected chi connectivity index (χ3v) is 3.44. The third-order valence-electron chi connectivity index (χ3n) is 2.41. The van der Waals surface area contributed by atoms with Gasteiger partial charge in [0.15, 0.2) is 5.75 Å². The summed E-state index contributed by atoms with van der Waals surface area (Å²) in [5.74, 6) is 0.204. The lowest BCUT2D eigenvalue weighted by Gasteiger charge is -2.09. The van der Waals surface area contributed by atoms with Crippen LogP contribution >= 0.6 is 0 Å². The topological polar surface area (TPSA) is 98.5 Å². The zero-order valence-corrected chi connectivity index (χ0v) is 11.6. The molecule has 19 heavy (non-hydrogen) atoms. The second-order valence-electron chi connectivity index (χ2n) is 4.02. The molecule has 0 bridgehead atoms. The van der Waals surface area contributed by atoms with Crippen LogP contribution in [0.15, 0.2) is 18.2 Å². The van der Waals surface area contributed by atoms with E-state index in [1.54, 1.807) is 12.1 Å². The summed E-state index contributed by atoms with van der Waals surface area (Å²) >= 11 is 0. The first kappa shape index (κ1) is 15.2. The number of anilines is 1. The molecule has 7 nitrogen and oxygen atoms in total. The molecule has 0 aliphatic rings. The number of benzene rings is 1. The largest absolute Gasteiger partial charge is 0.490 e. The molecule has 0 aliphatic heterocycles. The van der Waals surface area contributed by atoms with Crippen LogP contribution in [0.3, 0.4) is 0 Å². The quantitative estimate of drug-likeness (QED) is 0.463. The molecule has 0 amide bonds. The van der Waals surface area contributed by atoms with Crippen LogP contribution in [0.4, 0.5) is 11.4 Å². The van der Waals surface area contributed by atoms with E-state index in [9.17, 15) is 18.5 Å². The first-order valence-electron chi connectivity index (χ1n) is 5.58. The van der Waals surface area contributed by atoms with Gasteiger partial charge in [-0.1, -0.05) is 6.07 Å². The molecule has 0 spiro atoms. The molecule has 0 saturated carbocycles. The highest BCUT2D eigenvalue weighted by atomic mass is 32.2. The van der Waals surface area contributed by atoms with E-state index in [0.717, 1.165) is 6.26 Å². The SMILES string of the molecule is COc1cccc(NCCCS(C)(=O)=O)c1[N+](=O)[O-]. The van der Waals surface area contributed by atoms with Gasteiger partial charge in [-0.15, -0.1) is 0 Å². The standard InChI is InChI=1S/C11H16N2O5S/c1-18-10-6-3-5-9(11(10)13(14)15)12-7-4-8-19(2,16)17/h3,5-6,12H,4,7-8H2,1-2H3. The molecule has 1 aromatic carbocycles. The van der Waals surface area contributed by atoms with Gasteiger partial charge in [-0.05, 0) is 18.6 Å². The van der Waals surface area contributed by atoms with Gasteiger partial charge in [0.2, 0.25) is 0 Å². The number of sulfone groups is 1.